The van der Waals surface area contributed by atoms with Crippen molar-refractivity contribution in [1.29, 1.82) is 5.26 Å². The predicted octanol–water partition coefficient (Wildman–Crippen LogP) is 2.54. The highest BCUT2D eigenvalue weighted by atomic mass is 32.2. The molecule has 0 amide bonds. The summed E-state index contributed by atoms with van der Waals surface area (Å²) in [4.78, 5) is 0. The van der Waals surface area contributed by atoms with E-state index < -0.39 is 0 Å². The van der Waals surface area contributed by atoms with Crippen LogP contribution >= 0.6 is 11.8 Å². The monoisotopic (exact) mass is 299 g/mol. The maximum Gasteiger partial charge on any atom is 0.191 e. The summed E-state index contributed by atoms with van der Waals surface area (Å²) in [6.45, 7) is 2.47. The second kappa shape index (κ2) is 5.88. The molecule has 108 valence electrons. The Hall–Kier alpha value is -1.84. The number of hydrogen-bond acceptors (Lipinski definition) is 5. The first-order chi connectivity index (χ1) is 10.2. The van der Waals surface area contributed by atoms with E-state index >= 15 is 0 Å². The van der Waals surface area contributed by atoms with E-state index in [1.807, 2.05) is 25.1 Å². The Kier molecular flexibility index (Phi) is 3.95. The Bertz CT molecular complexity index is 697. The van der Waals surface area contributed by atoms with Gasteiger partial charge in [-0.3, -0.25) is 0 Å². The molecule has 1 fully saturated rings. The van der Waals surface area contributed by atoms with Crippen LogP contribution in [0.4, 0.5) is 0 Å². The minimum absolute atomic E-state index is 0.431. The maximum atomic E-state index is 8.91. The predicted molar refractivity (Wildman–Crippen MR) is 81.6 cm³/mol. The molecule has 1 aliphatic carbocycles. The second-order valence-electron chi connectivity index (χ2n) is 5.25. The van der Waals surface area contributed by atoms with Gasteiger partial charge in [-0.15, -0.1) is 10.2 Å². The maximum absolute atomic E-state index is 8.91. The molecule has 5 nitrogen and oxygen atoms in total. The summed E-state index contributed by atoms with van der Waals surface area (Å²) in [6.07, 6.45) is 2.38. The van der Waals surface area contributed by atoms with Gasteiger partial charge in [-0.1, -0.05) is 17.8 Å². The summed E-state index contributed by atoms with van der Waals surface area (Å²) >= 11 is 1.68. The number of nitrogens with two attached hydrogens (primary N) is 1. The van der Waals surface area contributed by atoms with Gasteiger partial charge in [0.1, 0.15) is 5.82 Å². The highest BCUT2D eigenvalue weighted by molar-refractivity contribution is 7.98. The van der Waals surface area contributed by atoms with Gasteiger partial charge >= 0.3 is 0 Å². The SMILES string of the molecule is Cc1cc(C#N)ccc1CSc1nnc(CN)n1C1CC1. The first-order valence-electron chi connectivity index (χ1n) is 6.99. The lowest BCUT2D eigenvalue weighted by Gasteiger charge is -2.09. The zero-order valence-electron chi connectivity index (χ0n) is 11.9. The molecule has 21 heavy (non-hydrogen) atoms. The van der Waals surface area contributed by atoms with Crippen LogP contribution in [-0.2, 0) is 12.3 Å². The van der Waals surface area contributed by atoms with Crippen LogP contribution in [-0.4, -0.2) is 14.8 Å². The average Bonchev–Trinajstić information content (AvgIpc) is 3.26. The molecule has 1 heterocycles. The smallest absolute Gasteiger partial charge is 0.191 e. The molecule has 0 radical (unpaired) electrons. The summed E-state index contributed by atoms with van der Waals surface area (Å²) in [5.41, 5.74) is 8.79. The van der Waals surface area contributed by atoms with Gasteiger partial charge < -0.3 is 10.3 Å². The van der Waals surface area contributed by atoms with Gasteiger partial charge in [-0.05, 0) is 43.0 Å². The van der Waals surface area contributed by atoms with E-state index in [1.165, 1.54) is 18.4 Å². The van der Waals surface area contributed by atoms with Crippen molar-refractivity contribution in [2.24, 2.45) is 5.73 Å². The number of thioether (sulfide) groups is 1. The van der Waals surface area contributed by atoms with E-state index in [0.717, 1.165) is 22.3 Å². The van der Waals surface area contributed by atoms with Crippen molar-refractivity contribution in [1.82, 2.24) is 14.8 Å². The van der Waals surface area contributed by atoms with Gasteiger partial charge in [0, 0.05) is 11.8 Å². The molecule has 0 atom stereocenters. The van der Waals surface area contributed by atoms with Crippen LogP contribution in [0, 0.1) is 18.3 Å². The zero-order valence-corrected chi connectivity index (χ0v) is 12.7. The molecule has 1 aliphatic rings. The Labute approximate surface area is 128 Å². The number of aryl methyl sites for hydroxylation is 1. The van der Waals surface area contributed by atoms with Crippen LogP contribution < -0.4 is 5.73 Å². The van der Waals surface area contributed by atoms with Crippen LogP contribution in [0.15, 0.2) is 23.4 Å². The molecule has 6 heteroatoms. The number of rotatable bonds is 5. The molecule has 0 aliphatic heterocycles. The van der Waals surface area contributed by atoms with Crippen molar-refractivity contribution >= 4 is 11.8 Å². The van der Waals surface area contributed by atoms with Crippen molar-refractivity contribution in [3.63, 3.8) is 0 Å². The van der Waals surface area contributed by atoms with Crippen molar-refractivity contribution in [2.45, 2.75) is 43.3 Å². The standard InChI is InChI=1S/C15H17N5S/c1-10-6-11(7-16)2-3-12(10)9-21-15-19-18-14(8-17)20(15)13-4-5-13/h2-3,6,13H,4-5,8-9,17H2,1H3. The lowest BCUT2D eigenvalue weighted by molar-refractivity contribution is 0.626. The minimum Gasteiger partial charge on any atom is -0.324 e. The van der Waals surface area contributed by atoms with E-state index in [4.69, 9.17) is 11.0 Å². The number of aromatic nitrogens is 3. The van der Waals surface area contributed by atoms with Crippen LogP contribution in [0.3, 0.4) is 0 Å². The fourth-order valence-corrected chi connectivity index (χ4v) is 3.41. The summed E-state index contributed by atoms with van der Waals surface area (Å²) in [7, 11) is 0. The van der Waals surface area contributed by atoms with E-state index in [2.05, 4.69) is 20.8 Å². The molecule has 1 saturated carbocycles. The Morgan fingerprint density at radius 3 is 2.86 bits per heavy atom. The highest BCUT2D eigenvalue weighted by Crippen LogP contribution is 2.39. The second-order valence-corrected chi connectivity index (χ2v) is 6.19. The molecule has 2 aromatic rings. The molecule has 0 spiro atoms. The summed E-state index contributed by atoms with van der Waals surface area (Å²) in [5, 5.41) is 18.3. The van der Waals surface area contributed by atoms with Gasteiger partial charge in [-0.25, -0.2) is 0 Å². The van der Waals surface area contributed by atoms with Gasteiger partial charge in [0.15, 0.2) is 5.16 Å². The van der Waals surface area contributed by atoms with Crippen LogP contribution in [0.1, 0.15) is 41.4 Å². The molecule has 0 saturated heterocycles. The van der Waals surface area contributed by atoms with Crippen LogP contribution in [0.5, 0.6) is 0 Å². The molecule has 3 rings (SSSR count). The zero-order chi connectivity index (χ0) is 14.8. The number of nitrogens with zero attached hydrogens (tertiary/aromatic N) is 4. The van der Waals surface area contributed by atoms with Crippen molar-refractivity contribution in [3.05, 3.63) is 40.7 Å². The average molecular weight is 299 g/mol. The third kappa shape index (κ3) is 2.94. The molecule has 0 unspecified atom stereocenters. The Balaban J connectivity index is 1.76. The topological polar surface area (TPSA) is 80.5 Å². The van der Waals surface area contributed by atoms with Gasteiger partial charge in [-0.2, -0.15) is 5.26 Å². The molecule has 0 bridgehead atoms. The lowest BCUT2D eigenvalue weighted by Crippen LogP contribution is -2.08. The van der Waals surface area contributed by atoms with E-state index in [-0.39, 0.29) is 0 Å². The first-order valence-corrected chi connectivity index (χ1v) is 7.97. The number of hydrogen-bond donors (Lipinski definition) is 1. The Morgan fingerprint density at radius 1 is 1.43 bits per heavy atom. The normalized spacial score (nSPS) is 14.1. The molecule has 1 aromatic carbocycles. The molecule has 2 N–H and O–H groups in total. The van der Waals surface area contributed by atoms with Crippen LogP contribution in [0.2, 0.25) is 0 Å². The third-order valence-corrected chi connectivity index (χ3v) is 4.65. The lowest BCUT2D eigenvalue weighted by atomic mass is 10.1. The Morgan fingerprint density at radius 2 is 2.24 bits per heavy atom. The fraction of sp³-hybridized carbons (Fsp3) is 0.400. The van der Waals surface area contributed by atoms with Crippen molar-refractivity contribution in [3.8, 4) is 6.07 Å². The number of nitriles is 1. The van der Waals surface area contributed by atoms with Crippen molar-refractivity contribution in [2.75, 3.05) is 0 Å². The van der Waals surface area contributed by atoms with Gasteiger partial charge in [0.05, 0.1) is 18.2 Å². The van der Waals surface area contributed by atoms with E-state index in [1.54, 1.807) is 11.8 Å². The van der Waals surface area contributed by atoms with Gasteiger partial charge in [0.25, 0.3) is 0 Å². The third-order valence-electron chi connectivity index (χ3n) is 3.66. The van der Waals surface area contributed by atoms with Gasteiger partial charge in [0.2, 0.25) is 0 Å². The van der Waals surface area contributed by atoms with E-state index in [0.29, 0.717) is 18.2 Å². The van der Waals surface area contributed by atoms with Crippen LogP contribution in [0.25, 0.3) is 0 Å². The quantitative estimate of drug-likeness (QED) is 0.858. The van der Waals surface area contributed by atoms with E-state index in [9.17, 15) is 0 Å². The van der Waals surface area contributed by atoms with Crippen molar-refractivity contribution < 1.29 is 0 Å². The molecular weight excluding hydrogens is 282 g/mol. The minimum atomic E-state index is 0.431. The fourth-order valence-electron chi connectivity index (χ4n) is 2.31. The summed E-state index contributed by atoms with van der Waals surface area (Å²) < 4.78 is 2.18. The molecule has 1 aromatic heterocycles. The first kappa shape index (κ1) is 14.1. The molecular formula is C15H17N5S. The largest absolute Gasteiger partial charge is 0.324 e. The highest BCUT2D eigenvalue weighted by Gasteiger charge is 2.29. The number of benzene rings is 1. The summed E-state index contributed by atoms with van der Waals surface area (Å²) in [5.74, 6) is 1.70. The summed E-state index contributed by atoms with van der Waals surface area (Å²) in [6, 6.07) is 8.50.